The van der Waals surface area contributed by atoms with Crippen molar-refractivity contribution in [1.29, 1.82) is 5.26 Å². The normalized spacial score (nSPS) is 17.8. The van der Waals surface area contributed by atoms with Crippen LogP contribution in [0.4, 0.5) is 5.69 Å². The lowest BCUT2D eigenvalue weighted by Gasteiger charge is -2.34. The molecule has 6 nitrogen and oxygen atoms in total. The van der Waals surface area contributed by atoms with Crippen molar-refractivity contribution >= 4 is 23.2 Å². The van der Waals surface area contributed by atoms with Crippen LogP contribution >= 0.6 is 11.9 Å². The first-order valence-electron chi connectivity index (χ1n) is 8.38. The average molecular weight is 362 g/mol. The molecule has 0 spiro atoms. The van der Waals surface area contributed by atoms with Crippen LogP contribution in [0.5, 0.6) is 0 Å². The van der Waals surface area contributed by atoms with E-state index in [4.69, 9.17) is 5.11 Å². The van der Waals surface area contributed by atoms with Crippen LogP contribution in [-0.2, 0) is 0 Å². The zero-order valence-corrected chi connectivity index (χ0v) is 15.6. The van der Waals surface area contributed by atoms with Gasteiger partial charge in [-0.15, -0.1) is 0 Å². The van der Waals surface area contributed by atoms with E-state index in [1.54, 1.807) is 0 Å². The molecule has 2 rings (SSSR count). The number of hydrogen-bond acceptors (Lipinski definition) is 7. The van der Waals surface area contributed by atoms with E-state index in [1.807, 2.05) is 19.1 Å². The van der Waals surface area contributed by atoms with E-state index < -0.39 is 6.10 Å². The summed E-state index contributed by atoms with van der Waals surface area (Å²) in [5.74, 6) is 0. The van der Waals surface area contributed by atoms with Crippen LogP contribution in [-0.4, -0.2) is 67.6 Å². The summed E-state index contributed by atoms with van der Waals surface area (Å²) in [5.41, 5.74) is 3.11. The highest BCUT2D eigenvalue weighted by Gasteiger charge is 2.14. The molecule has 136 valence electrons. The molecule has 1 fully saturated rings. The summed E-state index contributed by atoms with van der Waals surface area (Å²) in [6.07, 6.45) is -0.823. The Kier molecular flexibility index (Phi) is 7.75. The Morgan fingerprint density at radius 1 is 1.28 bits per heavy atom. The van der Waals surface area contributed by atoms with Crippen LogP contribution in [0, 0.1) is 11.3 Å². The number of hydrogen-bond donors (Lipinski definition) is 3. The number of piperazine rings is 1. The molecule has 1 aliphatic rings. The predicted molar refractivity (Wildman–Crippen MR) is 103 cm³/mol. The van der Waals surface area contributed by atoms with Crippen LogP contribution in [0.25, 0.3) is 5.57 Å². The Hall–Kier alpha value is -1.56. The van der Waals surface area contributed by atoms with Crippen molar-refractivity contribution in [3.05, 3.63) is 34.7 Å². The first kappa shape index (κ1) is 19.8. The number of allylic oxidation sites excluding steroid dienone is 2. The van der Waals surface area contributed by atoms with Gasteiger partial charge < -0.3 is 20.0 Å². The summed E-state index contributed by atoms with van der Waals surface area (Å²) in [4.78, 5) is 5.26. The third-order valence-corrected chi connectivity index (χ3v) is 5.23. The molecule has 1 aromatic rings. The molecule has 1 heterocycles. The van der Waals surface area contributed by atoms with E-state index >= 15 is 0 Å². The van der Waals surface area contributed by atoms with Crippen molar-refractivity contribution in [2.45, 2.75) is 13.0 Å². The van der Waals surface area contributed by atoms with Crippen molar-refractivity contribution in [2.24, 2.45) is 0 Å². The van der Waals surface area contributed by atoms with Crippen molar-refractivity contribution < 1.29 is 10.2 Å². The lowest BCUT2D eigenvalue weighted by Crippen LogP contribution is -2.44. The Bertz CT molecular complexity index is 619. The Balaban J connectivity index is 2.02. The van der Waals surface area contributed by atoms with Gasteiger partial charge in [-0.3, -0.25) is 4.72 Å². The molecule has 1 aliphatic heterocycles. The fourth-order valence-corrected chi connectivity index (χ4v) is 3.31. The molecular formula is C18H26N4O2S. The SMILES string of the molecule is C/C(=C(/C#N)SNCC(O)CO)c1ccc(N2CCN(C)CC2)cc1. The molecule has 7 heteroatoms. The van der Waals surface area contributed by atoms with Crippen molar-refractivity contribution in [3.63, 3.8) is 0 Å². The molecular weight excluding hydrogens is 336 g/mol. The molecule has 0 bridgehead atoms. The highest BCUT2D eigenvalue weighted by molar-refractivity contribution is 8.01. The molecule has 0 radical (unpaired) electrons. The molecule has 1 atom stereocenters. The number of aliphatic hydroxyl groups is 2. The van der Waals surface area contributed by atoms with Gasteiger partial charge in [-0.05, 0) is 49.2 Å². The van der Waals surface area contributed by atoms with E-state index in [-0.39, 0.29) is 13.2 Å². The van der Waals surface area contributed by atoms with Crippen LogP contribution in [0.3, 0.4) is 0 Å². The van der Waals surface area contributed by atoms with Crippen molar-refractivity contribution in [2.75, 3.05) is 51.3 Å². The molecule has 1 unspecified atom stereocenters. The fraction of sp³-hybridized carbons (Fsp3) is 0.500. The number of anilines is 1. The minimum Gasteiger partial charge on any atom is -0.394 e. The van der Waals surface area contributed by atoms with Crippen LogP contribution in [0.2, 0.25) is 0 Å². The fourth-order valence-electron chi connectivity index (χ4n) is 2.58. The second-order valence-electron chi connectivity index (χ2n) is 6.19. The summed E-state index contributed by atoms with van der Waals surface area (Å²) in [5, 5.41) is 27.5. The topological polar surface area (TPSA) is 82.8 Å². The van der Waals surface area contributed by atoms with Gasteiger partial charge in [0.15, 0.2) is 0 Å². The Morgan fingerprint density at radius 3 is 2.48 bits per heavy atom. The van der Waals surface area contributed by atoms with Gasteiger partial charge in [-0.2, -0.15) is 5.26 Å². The summed E-state index contributed by atoms with van der Waals surface area (Å²) in [6.45, 7) is 6.04. The van der Waals surface area contributed by atoms with E-state index in [0.29, 0.717) is 4.91 Å². The van der Waals surface area contributed by atoms with E-state index in [1.165, 1.54) is 17.6 Å². The third-order valence-electron chi connectivity index (χ3n) is 4.31. The average Bonchev–Trinajstić information content (AvgIpc) is 2.65. The van der Waals surface area contributed by atoms with Gasteiger partial charge in [0, 0.05) is 38.4 Å². The number of nitriles is 1. The van der Waals surface area contributed by atoms with Crippen molar-refractivity contribution in [1.82, 2.24) is 9.62 Å². The molecule has 0 aliphatic carbocycles. The van der Waals surface area contributed by atoms with E-state index in [0.717, 1.165) is 37.3 Å². The molecule has 1 saturated heterocycles. The van der Waals surface area contributed by atoms with Crippen LogP contribution < -0.4 is 9.62 Å². The maximum atomic E-state index is 9.37. The highest BCUT2D eigenvalue weighted by atomic mass is 32.2. The minimum atomic E-state index is -0.823. The number of nitrogens with one attached hydrogen (secondary N) is 1. The number of nitrogens with zero attached hydrogens (tertiary/aromatic N) is 3. The summed E-state index contributed by atoms with van der Waals surface area (Å²) in [7, 11) is 2.14. The van der Waals surface area contributed by atoms with Crippen LogP contribution in [0.15, 0.2) is 29.2 Å². The number of aliphatic hydroxyl groups excluding tert-OH is 2. The second kappa shape index (κ2) is 9.80. The van der Waals surface area contributed by atoms with Crippen LogP contribution in [0.1, 0.15) is 12.5 Å². The predicted octanol–water partition coefficient (Wildman–Crippen LogP) is 1.28. The van der Waals surface area contributed by atoms with E-state index in [9.17, 15) is 10.4 Å². The summed E-state index contributed by atoms with van der Waals surface area (Å²) < 4.78 is 2.92. The maximum absolute atomic E-state index is 9.37. The Labute approximate surface area is 153 Å². The first-order chi connectivity index (χ1) is 12.0. The zero-order chi connectivity index (χ0) is 18.2. The van der Waals surface area contributed by atoms with Gasteiger partial charge in [-0.1, -0.05) is 12.1 Å². The van der Waals surface area contributed by atoms with Gasteiger partial charge in [0.25, 0.3) is 0 Å². The zero-order valence-electron chi connectivity index (χ0n) is 14.8. The van der Waals surface area contributed by atoms with Gasteiger partial charge in [0.2, 0.25) is 0 Å². The van der Waals surface area contributed by atoms with Gasteiger partial charge in [-0.25, -0.2) is 0 Å². The standard InChI is InChI=1S/C18H26N4O2S/c1-14(18(11-19)25-20-12-17(24)13-23)15-3-5-16(6-4-15)22-9-7-21(2)8-10-22/h3-6,17,20,23-24H,7-10,12-13H2,1-2H3/b18-14+. The van der Waals surface area contributed by atoms with Crippen molar-refractivity contribution in [3.8, 4) is 6.07 Å². The monoisotopic (exact) mass is 362 g/mol. The number of benzene rings is 1. The summed E-state index contributed by atoms with van der Waals surface area (Å²) in [6, 6.07) is 10.5. The van der Waals surface area contributed by atoms with E-state index in [2.05, 4.69) is 39.8 Å². The largest absolute Gasteiger partial charge is 0.394 e. The molecule has 0 amide bonds. The second-order valence-corrected chi connectivity index (χ2v) is 7.09. The lowest BCUT2D eigenvalue weighted by atomic mass is 10.1. The molecule has 25 heavy (non-hydrogen) atoms. The molecule has 0 aromatic heterocycles. The number of rotatable bonds is 7. The lowest BCUT2D eigenvalue weighted by molar-refractivity contribution is 0.0994. The molecule has 1 aromatic carbocycles. The van der Waals surface area contributed by atoms with Gasteiger partial charge >= 0.3 is 0 Å². The summed E-state index contributed by atoms with van der Waals surface area (Å²) >= 11 is 1.18. The van der Waals surface area contributed by atoms with Gasteiger partial charge in [0.05, 0.1) is 12.7 Å². The third kappa shape index (κ3) is 5.73. The number of likely N-dealkylation sites (N-methyl/N-ethyl adjacent to an activating group) is 1. The molecule has 3 N–H and O–H groups in total. The maximum Gasteiger partial charge on any atom is 0.108 e. The minimum absolute atomic E-state index is 0.224. The van der Waals surface area contributed by atoms with Gasteiger partial charge in [0.1, 0.15) is 11.0 Å². The molecule has 0 saturated carbocycles. The first-order valence-corrected chi connectivity index (χ1v) is 9.20. The quantitative estimate of drug-likeness (QED) is 0.498. The highest BCUT2D eigenvalue weighted by Crippen LogP contribution is 2.26. The Morgan fingerprint density at radius 2 is 1.92 bits per heavy atom. The smallest absolute Gasteiger partial charge is 0.108 e.